The van der Waals surface area contributed by atoms with Crippen molar-refractivity contribution in [3.63, 3.8) is 0 Å². The van der Waals surface area contributed by atoms with Gasteiger partial charge >= 0.3 is 0 Å². The second kappa shape index (κ2) is 7.00. The van der Waals surface area contributed by atoms with Gasteiger partial charge in [-0.15, -0.1) is 0 Å². The lowest BCUT2D eigenvalue weighted by molar-refractivity contribution is -0.115. The molecule has 2 rings (SSSR count). The van der Waals surface area contributed by atoms with Crippen molar-refractivity contribution in [2.24, 2.45) is 0 Å². The van der Waals surface area contributed by atoms with E-state index in [1.54, 1.807) is 6.08 Å². The Hall–Kier alpha value is -1.37. The molecular weight excluding hydrogens is 196 g/mol. The molecule has 0 N–H and O–H groups in total. The number of hydrogen-bond donors (Lipinski definition) is 0. The molecule has 0 saturated carbocycles. The van der Waals surface area contributed by atoms with E-state index in [2.05, 4.69) is 26.0 Å². The summed E-state index contributed by atoms with van der Waals surface area (Å²) in [5, 5.41) is 0. The van der Waals surface area contributed by atoms with Crippen LogP contribution in [-0.4, -0.2) is 5.78 Å². The predicted molar refractivity (Wildman–Crippen MR) is 68.5 cm³/mol. The lowest BCUT2D eigenvalue weighted by Crippen LogP contribution is -2.05. The van der Waals surface area contributed by atoms with Crippen molar-refractivity contribution in [3.05, 3.63) is 48.0 Å². The van der Waals surface area contributed by atoms with Crippen molar-refractivity contribution in [2.75, 3.05) is 0 Å². The topological polar surface area (TPSA) is 17.1 Å². The molecule has 0 amide bonds. The third kappa shape index (κ3) is 4.01. The van der Waals surface area contributed by atoms with Crippen LogP contribution < -0.4 is 0 Å². The number of allylic oxidation sites excluding steroid dienone is 2. The lowest BCUT2D eigenvalue weighted by Gasteiger charge is -2.15. The van der Waals surface area contributed by atoms with Crippen LogP contribution in [-0.2, 0) is 4.79 Å². The average Bonchev–Trinajstić information content (AvgIpc) is 2.32. The van der Waals surface area contributed by atoms with E-state index in [9.17, 15) is 4.79 Å². The van der Waals surface area contributed by atoms with Gasteiger partial charge in [0.1, 0.15) is 0 Å². The molecule has 0 radical (unpaired) electrons. The van der Waals surface area contributed by atoms with Gasteiger partial charge in [0, 0.05) is 12.3 Å². The highest BCUT2D eigenvalue weighted by Crippen LogP contribution is 2.25. The molecule has 0 aromatic heterocycles. The Morgan fingerprint density at radius 3 is 2.31 bits per heavy atom. The molecule has 0 spiro atoms. The number of ketones is 1. The van der Waals surface area contributed by atoms with Gasteiger partial charge in [-0.25, -0.2) is 0 Å². The highest BCUT2D eigenvalue weighted by Gasteiger charge is 2.13. The van der Waals surface area contributed by atoms with Gasteiger partial charge in [-0.3, -0.25) is 4.79 Å². The predicted octanol–water partition coefficient (Wildman–Crippen LogP) is 4.11. The van der Waals surface area contributed by atoms with Crippen molar-refractivity contribution in [2.45, 2.75) is 39.0 Å². The first-order valence-corrected chi connectivity index (χ1v) is 6.03. The Balaban J connectivity index is 0.000000386. The normalized spacial score (nSPS) is 18.9. The second-order valence-electron chi connectivity index (χ2n) is 4.09. The minimum Gasteiger partial charge on any atom is -0.295 e. The Morgan fingerprint density at radius 1 is 1.19 bits per heavy atom. The Kier molecular flexibility index (Phi) is 5.55. The van der Waals surface area contributed by atoms with E-state index in [0.717, 1.165) is 6.42 Å². The van der Waals surface area contributed by atoms with E-state index in [0.29, 0.717) is 12.3 Å². The Bertz CT molecular complexity index is 338. The number of rotatable bonds is 1. The van der Waals surface area contributed by atoms with Crippen LogP contribution in [0.2, 0.25) is 0 Å². The van der Waals surface area contributed by atoms with Crippen LogP contribution in [0, 0.1) is 0 Å². The van der Waals surface area contributed by atoms with Gasteiger partial charge in [0.25, 0.3) is 0 Å². The molecule has 86 valence electrons. The molecular formula is C15H20O. The maximum absolute atomic E-state index is 11.0. The monoisotopic (exact) mass is 216 g/mol. The van der Waals surface area contributed by atoms with Crippen molar-refractivity contribution in [1.82, 2.24) is 0 Å². The van der Waals surface area contributed by atoms with Crippen LogP contribution in [0.4, 0.5) is 0 Å². The highest BCUT2D eigenvalue weighted by atomic mass is 16.1. The Morgan fingerprint density at radius 2 is 1.81 bits per heavy atom. The number of carbonyl (C=O) groups is 1. The molecule has 0 heterocycles. The summed E-state index contributed by atoms with van der Waals surface area (Å²) in [6.07, 6.45) is 6.62. The van der Waals surface area contributed by atoms with Crippen molar-refractivity contribution in [1.29, 1.82) is 0 Å². The zero-order valence-corrected chi connectivity index (χ0v) is 10.1. The summed E-state index contributed by atoms with van der Waals surface area (Å²) in [6.45, 7) is 4.25. The fourth-order valence-electron chi connectivity index (χ4n) is 1.68. The van der Waals surface area contributed by atoms with E-state index in [1.165, 1.54) is 12.0 Å². The van der Waals surface area contributed by atoms with Gasteiger partial charge in [0.2, 0.25) is 0 Å². The molecule has 1 aromatic carbocycles. The average molecular weight is 216 g/mol. The van der Waals surface area contributed by atoms with Crippen LogP contribution in [0.1, 0.15) is 44.6 Å². The first-order valence-electron chi connectivity index (χ1n) is 6.03. The van der Waals surface area contributed by atoms with Crippen molar-refractivity contribution in [3.8, 4) is 0 Å². The van der Waals surface area contributed by atoms with Crippen LogP contribution in [0.15, 0.2) is 42.5 Å². The molecule has 1 nitrogen and oxygen atoms in total. The van der Waals surface area contributed by atoms with Crippen LogP contribution in [0.25, 0.3) is 0 Å². The maximum atomic E-state index is 11.0. The first kappa shape index (κ1) is 12.7. The first-order chi connectivity index (χ1) is 7.77. The third-order valence-corrected chi connectivity index (χ3v) is 2.44. The van der Waals surface area contributed by atoms with Crippen LogP contribution >= 0.6 is 0 Å². The smallest absolute Gasteiger partial charge is 0.155 e. The largest absolute Gasteiger partial charge is 0.295 e. The number of hydrogen-bond acceptors (Lipinski definition) is 1. The standard InChI is InChI=1S/C12H12O.C3H8/c13-12-8-6-11(7-9-12)10-4-2-1-3-5-10;1-3-2/h1-6,8,11H,7,9H2;3H2,1-2H3. The summed E-state index contributed by atoms with van der Waals surface area (Å²) >= 11 is 0. The van der Waals surface area contributed by atoms with Gasteiger partial charge < -0.3 is 0 Å². The molecule has 0 bridgehead atoms. The van der Waals surface area contributed by atoms with Gasteiger partial charge in [-0.1, -0.05) is 56.7 Å². The molecule has 0 fully saturated rings. The highest BCUT2D eigenvalue weighted by molar-refractivity contribution is 5.90. The molecule has 1 aliphatic carbocycles. The molecule has 1 aromatic rings. The fraction of sp³-hybridized carbons (Fsp3) is 0.400. The van der Waals surface area contributed by atoms with Crippen molar-refractivity contribution >= 4 is 5.78 Å². The summed E-state index contributed by atoms with van der Waals surface area (Å²) in [7, 11) is 0. The summed E-state index contributed by atoms with van der Waals surface area (Å²) in [5.74, 6) is 0.700. The minimum atomic E-state index is 0.257. The molecule has 1 unspecified atom stereocenters. The molecule has 1 heteroatoms. The van der Waals surface area contributed by atoms with Gasteiger partial charge in [0.15, 0.2) is 5.78 Å². The van der Waals surface area contributed by atoms with E-state index in [-0.39, 0.29) is 5.78 Å². The van der Waals surface area contributed by atoms with Gasteiger partial charge in [0.05, 0.1) is 0 Å². The molecule has 1 atom stereocenters. The lowest BCUT2D eigenvalue weighted by atomic mass is 9.89. The molecule has 0 saturated heterocycles. The quantitative estimate of drug-likeness (QED) is 0.690. The van der Waals surface area contributed by atoms with Gasteiger partial charge in [-0.05, 0) is 18.1 Å². The van der Waals surface area contributed by atoms with E-state index in [1.807, 2.05) is 24.3 Å². The zero-order valence-electron chi connectivity index (χ0n) is 10.1. The van der Waals surface area contributed by atoms with Crippen LogP contribution in [0.3, 0.4) is 0 Å². The second-order valence-corrected chi connectivity index (χ2v) is 4.09. The maximum Gasteiger partial charge on any atom is 0.155 e. The van der Waals surface area contributed by atoms with E-state index < -0.39 is 0 Å². The van der Waals surface area contributed by atoms with Crippen molar-refractivity contribution < 1.29 is 4.79 Å². The SMILES string of the molecule is CCC.O=C1C=CC(c2ccccc2)CC1. The number of carbonyl (C=O) groups excluding carboxylic acids is 1. The molecule has 16 heavy (non-hydrogen) atoms. The zero-order chi connectivity index (χ0) is 11.8. The molecule has 0 aliphatic heterocycles. The van der Waals surface area contributed by atoms with Crippen LogP contribution in [0.5, 0.6) is 0 Å². The summed E-state index contributed by atoms with van der Waals surface area (Å²) < 4.78 is 0. The summed E-state index contributed by atoms with van der Waals surface area (Å²) in [6, 6.07) is 10.3. The fourth-order valence-corrected chi connectivity index (χ4v) is 1.68. The van der Waals surface area contributed by atoms with E-state index in [4.69, 9.17) is 0 Å². The molecule has 1 aliphatic rings. The summed E-state index contributed by atoms with van der Waals surface area (Å²) in [5.41, 5.74) is 1.31. The summed E-state index contributed by atoms with van der Waals surface area (Å²) in [4.78, 5) is 11.0. The van der Waals surface area contributed by atoms with E-state index >= 15 is 0 Å². The Labute approximate surface area is 98.2 Å². The third-order valence-electron chi connectivity index (χ3n) is 2.44. The number of benzene rings is 1. The minimum absolute atomic E-state index is 0.257. The van der Waals surface area contributed by atoms with Gasteiger partial charge in [-0.2, -0.15) is 0 Å².